The molecule has 0 aliphatic carbocycles. The highest BCUT2D eigenvalue weighted by atomic mass is 35.5. The van der Waals surface area contributed by atoms with Gasteiger partial charge in [0.1, 0.15) is 29.4 Å². The van der Waals surface area contributed by atoms with Crippen LogP contribution in [0, 0.1) is 0 Å². The van der Waals surface area contributed by atoms with Gasteiger partial charge in [0.15, 0.2) is 5.82 Å². The number of fused-ring (bicyclic) bond motifs is 2. The smallest absolute Gasteiger partial charge is 0.284 e. The van der Waals surface area contributed by atoms with Crippen molar-refractivity contribution < 1.29 is 4.21 Å². The van der Waals surface area contributed by atoms with Gasteiger partial charge in [-0.1, -0.05) is 42.0 Å². The van der Waals surface area contributed by atoms with Gasteiger partial charge in [-0.15, -0.1) is 0 Å². The normalized spacial score (nSPS) is 17.0. The molecule has 1 fully saturated rings. The van der Waals surface area contributed by atoms with Crippen LogP contribution in [0.2, 0.25) is 5.02 Å². The second-order valence-electron chi connectivity index (χ2n) is 8.13. The van der Waals surface area contributed by atoms with E-state index >= 15 is 0 Å². The van der Waals surface area contributed by atoms with Gasteiger partial charge >= 0.3 is 0 Å². The Balaban J connectivity index is 1.64. The second-order valence-corrected chi connectivity index (χ2v) is 10.4. The maximum Gasteiger partial charge on any atom is 0.284 e. The van der Waals surface area contributed by atoms with Gasteiger partial charge in [-0.2, -0.15) is 5.10 Å². The third kappa shape index (κ3) is 3.41. The molecule has 0 spiro atoms. The van der Waals surface area contributed by atoms with Gasteiger partial charge in [0, 0.05) is 30.1 Å². The van der Waals surface area contributed by atoms with Crippen LogP contribution in [-0.2, 0) is 10.8 Å². The third-order valence-electron chi connectivity index (χ3n) is 6.13. The Morgan fingerprint density at radius 3 is 2.77 bits per heavy atom. The van der Waals surface area contributed by atoms with Crippen LogP contribution in [0.4, 0.5) is 5.82 Å². The first kappa shape index (κ1) is 22.1. The average Bonchev–Trinajstić information content (AvgIpc) is 3.56. The molecule has 1 aromatic carbocycles. The monoisotopic (exact) mass is 523 g/mol. The van der Waals surface area contributed by atoms with Crippen molar-refractivity contribution in [3.63, 3.8) is 0 Å². The van der Waals surface area contributed by atoms with Gasteiger partial charge in [0.25, 0.3) is 5.56 Å². The zero-order chi connectivity index (χ0) is 24.3. The second kappa shape index (κ2) is 8.36. The molecule has 4 aromatic heterocycles. The van der Waals surface area contributed by atoms with Gasteiger partial charge in [-0.05, 0) is 24.6 Å². The van der Waals surface area contributed by atoms with Crippen molar-refractivity contribution in [3.8, 4) is 5.69 Å². The largest absolute Gasteiger partial charge is 0.345 e. The van der Waals surface area contributed by atoms with Crippen LogP contribution in [0.15, 0.2) is 64.8 Å². The number of aromatic nitrogens is 6. The van der Waals surface area contributed by atoms with Crippen LogP contribution in [-0.4, -0.2) is 51.0 Å². The van der Waals surface area contributed by atoms with Crippen LogP contribution >= 0.6 is 23.8 Å². The number of H-pyrrole nitrogens is 1. The van der Waals surface area contributed by atoms with Gasteiger partial charge in [-0.3, -0.25) is 13.6 Å². The molecule has 0 saturated carbocycles. The predicted octanol–water partition coefficient (Wildman–Crippen LogP) is 3.47. The number of nitrogens with zero attached hydrogens (tertiary/aromatic N) is 6. The van der Waals surface area contributed by atoms with Crippen molar-refractivity contribution in [3.05, 3.63) is 76.3 Å². The molecule has 1 unspecified atom stereocenters. The number of para-hydroxylation sites is 1. The number of aromatic amines is 1. The Labute approximate surface area is 211 Å². The fourth-order valence-electron chi connectivity index (χ4n) is 4.60. The molecule has 1 aliphatic rings. The minimum absolute atomic E-state index is 0.286. The highest BCUT2D eigenvalue weighted by molar-refractivity contribution is 7.84. The van der Waals surface area contributed by atoms with E-state index in [9.17, 15) is 9.00 Å². The van der Waals surface area contributed by atoms with Gasteiger partial charge in [0.2, 0.25) is 0 Å². The number of hydrogen-bond acceptors (Lipinski definition) is 7. The van der Waals surface area contributed by atoms with E-state index in [0.29, 0.717) is 51.2 Å². The Bertz CT molecular complexity index is 1710. The van der Waals surface area contributed by atoms with Crippen molar-refractivity contribution in [2.45, 2.75) is 17.4 Å². The highest BCUT2D eigenvalue weighted by Gasteiger charge is 2.38. The summed E-state index contributed by atoms with van der Waals surface area (Å²) in [5.41, 5.74) is 1.22. The summed E-state index contributed by atoms with van der Waals surface area (Å²) in [5.74, 6) is 1.04. The molecule has 5 heterocycles. The number of halogens is 1. The lowest BCUT2D eigenvalue weighted by Crippen LogP contribution is -2.35. The molecular weight excluding hydrogens is 506 g/mol. The summed E-state index contributed by atoms with van der Waals surface area (Å²) in [4.78, 5) is 29.0. The third-order valence-corrected chi connectivity index (χ3v) is 7.81. The molecule has 176 valence electrons. The molecule has 1 N–H and O–H groups in total. The Morgan fingerprint density at radius 2 is 2.00 bits per heavy atom. The number of hydrogen-bond donors (Lipinski definition) is 1. The highest BCUT2D eigenvalue weighted by Crippen LogP contribution is 2.38. The van der Waals surface area contributed by atoms with Crippen molar-refractivity contribution in [1.29, 1.82) is 0 Å². The summed E-state index contributed by atoms with van der Waals surface area (Å²) in [6, 6.07) is 10.4. The van der Waals surface area contributed by atoms with E-state index in [4.69, 9.17) is 28.9 Å². The van der Waals surface area contributed by atoms with E-state index in [1.165, 1.54) is 10.8 Å². The Kier molecular flexibility index (Phi) is 5.28. The van der Waals surface area contributed by atoms with Crippen LogP contribution in [0.3, 0.4) is 0 Å². The minimum atomic E-state index is -1.26. The fourth-order valence-corrected chi connectivity index (χ4v) is 5.84. The molecule has 12 heteroatoms. The molecule has 2 atom stereocenters. The number of anilines is 1. The summed E-state index contributed by atoms with van der Waals surface area (Å²) in [6.45, 7) is 0.561. The first-order chi connectivity index (χ1) is 17.0. The Morgan fingerprint density at radius 1 is 1.20 bits per heavy atom. The molecule has 9 nitrogen and oxygen atoms in total. The Hall–Kier alpha value is -3.41. The van der Waals surface area contributed by atoms with E-state index in [2.05, 4.69) is 15.0 Å². The first-order valence-electron chi connectivity index (χ1n) is 10.8. The topological polar surface area (TPSA) is 101 Å². The van der Waals surface area contributed by atoms with Gasteiger partial charge in [-0.25, -0.2) is 14.5 Å². The maximum atomic E-state index is 13.7. The van der Waals surface area contributed by atoms with Gasteiger partial charge in [0.05, 0.1) is 31.8 Å². The lowest BCUT2D eigenvalue weighted by Gasteiger charge is -2.27. The molecule has 0 radical (unpaired) electrons. The molecule has 0 amide bonds. The van der Waals surface area contributed by atoms with Crippen LogP contribution in [0.25, 0.3) is 22.2 Å². The molecule has 0 bridgehead atoms. The molecular formula is C23H18ClN7O2S2. The van der Waals surface area contributed by atoms with E-state index in [-0.39, 0.29) is 11.1 Å². The summed E-state index contributed by atoms with van der Waals surface area (Å²) < 4.78 is 15.5. The zero-order valence-electron chi connectivity index (χ0n) is 18.4. The summed E-state index contributed by atoms with van der Waals surface area (Å²) >= 11 is 12.2. The van der Waals surface area contributed by atoms with E-state index in [0.717, 1.165) is 4.86 Å². The van der Waals surface area contributed by atoms with Crippen LogP contribution < -0.4 is 10.5 Å². The molecule has 5 aromatic rings. The van der Waals surface area contributed by atoms with Crippen LogP contribution in [0.5, 0.6) is 0 Å². The number of rotatable bonds is 4. The summed E-state index contributed by atoms with van der Waals surface area (Å²) in [6.07, 6.45) is 7.03. The van der Waals surface area contributed by atoms with E-state index in [1.54, 1.807) is 29.3 Å². The number of thiocarbonyl (C=S) groups is 1. The maximum absolute atomic E-state index is 13.7. The number of benzene rings is 1. The number of nitrogens with one attached hydrogen (secondary N) is 1. The van der Waals surface area contributed by atoms with E-state index in [1.807, 2.05) is 35.2 Å². The standard InChI is InChI=1S/C23H18ClN7O2S2/c1-35(33)16-11-25-20-17(16)21(27-12-26-20)29-9-8-15(34)19(29)22-28-30-10-7-14(24)18(30)23(32)31(22)13-5-3-2-4-6-13/h2-7,10-12,19H,8-9H2,1H3,(H,25,26,27)/t19-,35?/m0/s1. The molecule has 35 heavy (non-hydrogen) atoms. The molecule has 6 rings (SSSR count). The minimum Gasteiger partial charge on any atom is -0.345 e. The molecule has 1 aliphatic heterocycles. The van der Waals surface area contributed by atoms with Crippen LogP contribution in [0.1, 0.15) is 18.3 Å². The zero-order valence-corrected chi connectivity index (χ0v) is 20.8. The predicted molar refractivity (Wildman–Crippen MR) is 139 cm³/mol. The summed E-state index contributed by atoms with van der Waals surface area (Å²) in [7, 11) is -1.26. The van der Waals surface area contributed by atoms with Crippen molar-refractivity contribution in [2.75, 3.05) is 17.7 Å². The van der Waals surface area contributed by atoms with Crippen molar-refractivity contribution in [1.82, 2.24) is 29.1 Å². The average molecular weight is 524 g/mol. The van der Waals surface area contributed by atoms with Crippen molar-refractivity contribution in [2.24, 2.45) is 0 Å². The first-order valence-corrected chi connectivity index (χ1v) is 13.1. The lowest BCUT2D eigenvalue weighted by atomic mass is 10.1. The molecule has 1 saturated heterocycles. The van der Waals surface area contributed by atoms with E-state index < -0.39 is 16.8 Å². The summed E-state index contributed by atoms with van der Waals surface area (Å²) in [5, 5.41) is 5.81. The fraction of sp³-hybridized carbons (Fsp3) is 0.174. The SMILES string of the molecule is CS(=O)c1c[nH]c2ncnc(N3CCC(=S)[C@H]3c3nn4ccc(Cl)c4c(=O)n3-c3ccccc3)c12. The van der Waals surface area contributed by atoms with Gasteiger partial charge < -0.3 is 9.88 Å². The lowest BCUT2D eigenvalue weighted by molar-refractivity contribution is 0.678. The van der Waals surface area contributed by atoms with Crippen molar-refractivity contribution >= 4 is 61.9 Å². The quantitative estimate of drug-likeness (QED) is 0.360.